The molecule has 0 bridgehead atoms. The Bertz CT molecular complexity index is 522. The Hall–Kier alpha value is -1.07. The molecule has 0 aromatic heterocycles. The molecule has 4 nitrogen and oxygen atoms in total. The predicted molar refractivity (Wildman–Crippen MR) is 72.7 cm³/mol. The first kappa shape index (κ1) is 13.4. The molecule has 1 aliphatic rings. The summed E-state index contributed by atoms with van der Waals surface area (Å²) < 4.78 is 26.6. The van der Waals surface area contributed by atoms with Gasteiger partial charge in [-0.1, -0.05) is 18.9 Å². The third-order valence-corrected chi connectivity index (χ3v) is 4.80. The maximum atomic E-state index is 12.0. The topological polar surface area (TPSA) is 72.2 Å². The lowest BCUT2D eigenvalue weighted by molar-refractivity contribution is 0.572. The number of hydrogen-bond donors (Lipinski definition) is 2. The van der Waals surface area contributed by atoms with Crippen LogP contribution in [0.5, 0.6) is 0 Å². The summed E-state index contributed by atoms with van der Waals surface area (Å²) in [5.74, 6) is 0.838. The van der Waals surface area contributed by atoms with Crippen LogP contribution in [0.1, 0.15) is 31.2 Å². The lowest BCUT2D eigenvalue weighted by atomic mass is 10.2. The molecule has 0 unspecified atom stereocenters. The molecule has 1 aliphatic carbocycles. The van der Waals surface area contributed by atoms with Crippen molar-refractivity contribution in [3.8, 4) is 0 Å². The van der Waals surface area contributed by atoms with E-state index < -0.39 is 10.0 Å². The number of nitrogens with two attached hydrogens (primary N) is 1. The number of sulfonamides is 1. The summed E-state index contributed by atoms with van der Waals surface area (Å²) in [6.45, 7) is 2.36. The van der Waals surface area contributed by atoms with Crippen LogP contribution in [-0.4, -0.2) is 15.0 Å². The monoisotopic (exact) mass is 268 g/mol. The van der Waals surface area contributed by atoms with Crippen molar-refractivity contribution >= 4 is 15.7 Å². The third-order valence-electron chi connectivity index (χ3n) is 3.34. The maximum absolute atomic E-state index is 12.0. The van der Waals surface area contributed by atoms with E-state index in [1.54, 1.807) is 12.1 Å². The number of benzene rings is 1. The molecule has 3 N–H and O–H groups in total. The minimum atomic E-state index is -3.41. The van der Waals surface area contributed by atoms with E-state index in [2.05, 4.69) is 4.72 Å². The molecule has 100 valence electrons. The molecular weight excluding hydrogens is 248 g/mol. The van der Waals surface area contributed by atoms with Crippen LogP contribution in [-0.2, 0) is 10.0 Å². The molecule has 0 heterocycles. The van der Waals surface area contributed by atoms with Crippen molar-refractivity contribution in [1.82, 2.24) is 4.72 Å². The molecule has 0 spiro atoms. The van der Waals surface area contributed by atoms with Gasteiger partial charge in [-0.15, -0.1) is 0 Å². The molecule has 0 atom stereocenters. The molecule has 1 aromatic carbocycles. The van der Waals surface area contributed by atoms with Gasteiger partial charge in [0.25, 0.3) is 0 Å². The number of nitrogen functional groups attached to an aromatic ring is 1. The number of rotatable bonds is 6. The normalized spacial score (nSPS) is 15.8. The molecule has 18 heavy (non-hydrogen) atoms. The zero-order valence-corrected chi connectivity index (χ0v) is 11.5. The highest BCUT2D eigenvalue weighted by atomic mass is 32.2. The summed E-state index contributed by atoms with van der Waals surface area (Å²) in [6.07, 6.45) is 4.65. The van der Waals surface area contributed by atoms with Crippen LogP contribution in [0.3, 0.4) is 0 Å². The van der Waals surface area contributed by atoms with Gasteiger partial charge >= 0.3 is 0 Å². The summed E-state index contributed by atoms with van der Waals surface area (Å²) in [7, 11) is -3.41. The first-order chi connectivity index (χ1) is 8.49. The molecule has 0 amide bonds. The van der Waals surface area contributed by atoms with E-state index in [4.69, 9.17) is 5.73 Å². The van der Waals surface area contributed by atoms with Crippen molar-refractivity contribution in [2.45, 2.75) is 37.5 Å². The van der Waals surface area contributed by atoms with Gasteiger partial charge in [-0.25, -0.2) is 13.1 Å². The SMILES string of the molecule is Cc1ccc(S(=O)(=O)NCCCC2CC2)cc1N. The quantitative estimate of drug-likeness (QED) is 0.612. The number of anilines is 1. The third kappa shape index (κ3) is 3.46. The van der Waals surface area contributed by atoms with Crippen molar-refractivity contribution in [1.29, 1.82) is 0 Å². The van der Waals surface area contributed by atoms with Crippen LogP contribution >= 0.6 is 0 Å². The fourth-order valence-corrected chi connectivity index (χ4v) is 2.98. The van der Waals surface area contributed by atoms with E-state index in [0.717, 1.165) is 24.3 Å². The van der Waals surface area contributed by atoms with Gasteiger partial charge in [-0.2, -0.15) is 0 Å². The first-order valence-corrected chi connectivity index (χ1v) is 7.83. The van der Waals surface area contributed by atoms with Gasteiger partial charge in [0.05, 0.1) is 4.90 Å². The van der Waals surface area contributed by atoms with Crippen molar-refractivity contribution < 1.29 is 8.42 Å². The van der Waals surface area contributed by atoms with Crippen LogP contribution in [0.4, 0.5) is 5.69 Å². The zero-order chi connectivity index (χ0) is 13.2. The average molecular weight is 268 g/mol. The second-order valence-corrected chi connectivity index (χ2v) is 6.77. The van der Waals surface area contributed by atoms with Crippen molar-refractivity contribution in [2.24, 2.45) is 5.92 Å². The van der Waals surface area contributed by atoms with Crippen LogP contribution in [0, 0.1) is 12.8 Å². The molecule has 5 heteroatoms. The Morgan fingerprint density at radius 3 is 2.72 bits per heavy atom. The molecule has 0 aliphatic heterocycles. The van der Waals surface area contributed by atoms with Gasteiger partial charge in [0.15, 0.2) is 0 Å². The van der Waals surface area contributed by atoms with E-state index in [9.17, 15) is 8.42 Å². The summed E-state index contributed by atoms with van der Waals surface area (Å²) in [6, 6.07) is 4.83. The van der Waals surface area contributed by atoms with E-state index in [1.807, 2.05) is 6.92 Å². The van der Waals surface area contributed by atoms with Crippen LogP contribution in [0.25, 0.3) is 0 Å². The van der Waals surface area contributed by atoms with Gasteiger partial charge in [0, 0.05) is 12.2 Å². The number of nitrogens with one attached hydrogen (secondary N) is 1. The minimum Gasteiger partial charge on any atom is -0.398 e. The van der Waals surface area contributed by atoms with E-state index >= 15 is 0 Å². The average Bonchev–Trinajstić information content (AvgIpc) is 3.12. The second kappa shape index (κ2) is 5.28. The lowest BCUT2D eigenvalue weighted by Gasteiger charge is -2.08. The van der Waals surface area contributed by atoms with E-state index in [-0.39, 0.29) is 4.90 Å². The molecule has 0 radical (unpaired) electrons. The van der Waals surface area contributed by atoms with Gasteiger partial charge < -0.3 is 5.73 Å². The Morgan fingerprint density at radius 2 is 2.11 bits per heavy atom. The molecule has 0 saturated heterocycles. The highest BCUT2D eigenvalue weighted by Gasteiger charge is 2.21. The van der Waals surface area contributed by atoms with Crippen molar-refractivity contribution in [3.63, 3.8) is 0 Å². The van der Waals surface area contributed by atoms with Crippen molar-refractivity contribution in [2.75, 3.05) is 12.3 Å². The highest BCUT2D eigenvalue weighted by Crippen LogP contribution is 2.33. The summed E-state index contributed by atoms with van der Waals surface area (Å²) >= 11 is 0. The molecular formula is C13H20N2O2S. The van der Waals surface area contributed by atoms with Gasteiger partial charge in [-0.3, -0.25) is 0 Å². The molecule has 1 saturated carbocycles. The Labute approximate surface area is 109 Å². The lowest BCUT2D eigenvalue weighted by Crippen LogP contribution is -2.25. The minimum absolute atomic E-state index is 0.247. The maximum Gasteiger partial charge on any atom is 0.240 e. The Kier molecular flexibility index (Phi) is 3.92. The Morgan fingerprint density at radius 1 is 1.39 bits per heavy atom. The van der Waals surface area contributed by atoms with E-state index in [0.29, 0.717) is 12.2 Å². The largest absolute Gasteiger partial charge is 0.398 e. The van der Waals surface area contributed by atoms with Crippen LogP contribution in [0.15, 0.2) is 23.1 Å². The summed E-state index contributed by atoms with van der Waals surface area (Å²) in [5.41, 5.74) is 7.13. The van der Waals surface area contributed by atoms with Gasteiger partial charge in [0.2, 0.25) is 10.0 Å². The molecule has 2 rings (SSSR count). The highest BCUT2D eigenvalue weighted by molar-refractivity contribution is 7.89. The molecule has 1 fully saturated rings. The van der Waals surface area contributed by atoms with Gasteiger partial charge in [-0.05, 0) is 43.4 Å². The standard InChI is InChI=1S/C13H20N2O2S/c1-10-4-7-12(9-13(10)14)18(16,17)15-8-2-3-11-5-6-11/h4,7,9,11,15H,2-3,5-6,8,14H2,1H3. The molecule has 1 aromatic rings. The second-order valence-electron chi connectivity index (χ2n) is 5.00. The Balaban J connectivity index is 1.93. The van der Waals surface area contributed by atoms with Gasteiger partial charge in [0.1, 0.15) is 0 Å². The summed E-state index contributed by atoms with van der Waals surface area (Å²) in [5, 5.41) is 0. The number of aryl methyl sites for hydroxylation is 1. The van der Waals surface area contributed by atoms with Crippen LogP contribution < -0.4 is 10.5 Å². The predicted octanol–water partition coefficient (Wildman–Crippen LogP) is 2.05. The smallest absolute Gasteiger partial charge is 0.240 e. The fraction of sp³-hybridized carbons (Fsp3) is 0.538. The van der Waals surface area contributed by atoms with E-state index in [1.165, 1.54) is 18.9 Å². The van der Waals surface area contributed by atoms with Crippen LogP contribution in [0.2, 0.25) is 0 Å². The fourth-order valence-electron chi connectivity index (χ4n) is 1.87. The summed E-state index contributed by atoms with van der Waals surface area (Å²) in [4.78, 5) is 0.247. The first-order valence-electron chi connectivity index (χ1n) is 6.35. The zero-order valence-electron chi connectivity index (χ0n) is 10.6. The number of hydrogen-bond acceptors (Lipinski definition) is 3. The van der Waals surface area contributed by atoms with Crippen molar-refractivity contribution in [3.05, 3.63) is 23.8 Å².